The monoisotopic (exact) mass is 249 g/mol. The van der Waals surface area contributed by atoms with E-state index in [4.69, 9.17) is 38.8 Å². The van der Waals surface area contributed by atoms with Gasteiger partial charge in [0.1, 0.15) is 5.75 Å². The molecule has 0 aliphatic rings. The molecule has 1 aromatic rings. The second-order valence-electron chi connectivity index (χ2n) is 3.29. The fourth-order valence-electron chi connectivity index (χ4n) is 1.01. The van der Waals surface area contributed by atoms with E-state index in [2.05, 4.69) is 0 Å². The first kappa shape index (κ1) is 12.4. The summed E-state index contributed by atoms with van der Waals surface area (Å²) in [5.74, 6) is 0.491. The topological polar surface area (TPSA) is 55.5 Å². The first-order chi connectivity index (χ1) is 7.00. The summed E-state index contributed by atoms with van der Waals surface area (Å²) in [5.41, 5.74) is 6.12. The molecule has 0 spiro atoms. The number of ether oxygens (including phenoxy) is 1. The lowest BCUT2D eigenvalue weighted by Gasteiger charge is -2.10. The number of nitrogen functional groups attached to an aromatic ring is 1. The number of benzene rings is 1. The van der Waals surface area contributed by atoms with Crippen LogP contribution in [0.2, 0.25) is 10.0 Å². The third kappa shape index (κ3) is 3.78. The zero-order valence-electron chi connectivity index (χ0n) is 8.34. The molecule has 0 heterocycles. The summed E-state index contributed by atoms with van der Waals surface area (Å²) in [6.07, 6.45) is 0.147. The zero-order valence-corrected chi connectivity index (χ0v) is 9.85. The highest BCUT2D eigenvalue weighted by Gasteiger charge is 2.06. The van der Waals surface area contributed by atoms with Crippen LogP contribution >= 0.6 is 23.2 Å². The van der Waals surface area contributed by atoms with Crippen LogP contribution in [-0.2, 0) is 0 Å². The molecule has 0 aliphatic carbocycles. The standard InChI is InChI=1S/C10H13Cl2NO2/c1-6(14)2-3-15-10-5-8(12)7(11)4-9(10)13/h4-6,14H,2-3,13H2,1H3. The molecule has 84 valence electrons. The maximum Gasteiger partial charge on any atom is 0.143 e. The van der Waals surface area contributed by atoms with Gasteiger partial charge >= 0.3 is 0 Å². The van der Waals surface area contributed by atoms with Crippen LogP contribution < -0.4 is 10.5 Å². The zero-order chi connectivity index (χ0) is 11.4. The van der Waals surface area contributed by atoms with Crippen LogP contribution in [0.1, 0.15) is 13.3 Å². The van der Waals surface area contributed by atoms with Crippen molar-refractivity contribution in [3.63, 3.8) is 0 Å². The highest BCUT2D eigenvalue weighted by Crippen LogP contribution is 2.32. The molecule has 0 bridgehead atoms. The van der Waals surface area contributed by atoms with Gasteiger partial charge in [-0.05, 0) is 13.0 Å². The van der Waals surface area contributed by atoms with Crippen LogP contribution in [0.3, 0.4) is 0 Å². The quantitative estimate of drug-likeness (QED) is 0.808. The molecule has 0 fully saturated rings. The molecule has 0 radical (unpaired) electrons. The molecule has 15 heavy (non-hydrogen) atoms. The second kappa shape index (κ2) is 5.45. The summed E-state index contributed by atoms with van der Waals surface area (Å²) < 4.78 is 5.36. The minimum Gasteiger partial charge on any atom is -0.491 e. The van der Waals surface area contributed by atoms with Gasteiger partial charge in [0.25, 0.3) is 0 Å². The predicted molar refractivity (Wildman–Crippen MR) is 62.7 cm³/mol. The molecule has 5 heteroatoms. The largest absolute Gasteiger partial charge is 0.491 e. The van der Waals surface area contributed by atoms with Crippen molar-refractivity contribution in [1.82, 2.24) is 0 Å². The van der Waals surface area contributed by atoms with Gasteiger partial charge in [0, 0.05) is 12.5 Å². The molecule has 1 unspecified atom stereocenters. The van der Waals surface area contributed by atoms with Crippen LogP contribution in [0.25, 0.3) is 0 Å². The van der Waals surface area contributed by atoms with Crippen molar-refractivity contribution in [2.75, 3.05) is 12.3 Å². The summed E-state index contributed by atoms with van der Waals surface area (Å²) >= 11 is 11.6. The Balaban J connectivity index is 2.65. The molecule has 3 N–H and O–H groups in total. The maximum absolute atomic E-state index is 9.04. The summed E-state index contributed by atoms with van der Waals surface area (Å²) in [4.78, 5) is 0. The summed E-state index contributed by atoms with van der Waals surface area (Å²) in [6, 6.07) is 3.11. The molecule has 1 aromatic carbocycles. The van der Waals surface area contributed by atoms with E-state index in [9.17, 15) is 0 Å². The number of nitrogens with two attached hydrogens (primary N) is 1. The first-order valence-electron chi connectivity index (χ1n) is 4.56. The Morgan fingerprint density at radius 3 is 2.60 bits per heavy atom. The number of anilines is 1. The van der Waals surface area contributed by atoms with E-state index in [-0.39, 0.29) is 0 Å². The molecular formula is C10H13Cl2NO2. The lowest BCUT2D eigenvalue weighted by Crippen LogP contribution is -2.08. The lowest BCUT2D eigenvalue weighted by molar-refractivity contribution is 0.156. The molecule has 1 atom stereocenters. The SMILES string of the molecule is CC(O)CCOc1cc(Cl)c(Cl)cc1N. The lowest BCUT2D eigenvalue weighted by atomic mass is 10.3. The highest BCUT2D eigenvalue weighted by molar-refractivity contribution is 6.42. The molecule has 0 amide bonds. The Morgan fingerprint density at radius 1 is 1.40 bits per heavy atom. The molecule has 0 aromatic heterocycles. The summed E-state index contributed by atoms with van der Waals surface area (Å²) in [5, 5.41) is 9.84. The number of halogens is 2. The molecule has 0 aliphatic heterocycles. The fourth-order valence-corrected chi connectivity index (χ4v) is 1.33. The molecule has 3 nitrogen and oxygen atoms in total. The smallest absolute Gasteiger partial charge is 0.143 e. The third-order valence-corrected chi connectivity index (χ3v) is 2.57. The number of hydrogen-bond donors (Lipinski definition) is 2. The van der Waals surface area contributed by atoms with E-state index in [1.165, 1.54) is 0 Å². The molecule has 0 saturated carbocycles. The predicted octanol–water partition coefficient (Wildman–Crippen LogP) is 2.73. The van der Waals surface area contributed by atoms with Crippen molar-refractivity contribution in [3.8, 4) is 5.75 Å². The van der Waals surface area contributed by atoms with E-state index in [1.54, 1.807) is 19.1 Å². The normalized spacial score (nSPS) is 12.5. The minimum absolute atomic E-state index is 0.389. The average Bonchev–Trinajstić information content (AvgIpc) is 2.13. The van der Waals surface area contributed by atoms with E-state index in [0.29, 0.717) is 34.5 Å². The third-order valence-electron chi connectivity index (χ3n) is 1.85. The van der Waals surface area contributed by atoms with E-state index < -0.39 is 6.10 Å². The van der Waals surface area contributed by atoms with Gasteiger partial charge < -0.3 is 15.6 Å². The number of aliphatic hydroxyl groups excluding tert-OH is 1. The van der Waals surface area contributed by atoms with Crippen LogP contribution in [0.15, 0.2) is 12.1 Å². The van der Waals surface area contributed by atoms with Gasteiger partial charge in [-0.25, -0.2) is 0 Å². The van der Waals surface area contributed by atoms with Crippen LogP contribution in [0.4, 0.5) is 5.69 Å². The van der Waals surface area contributed by atoms with Gasteiger partial charge in [-0.3, -0.25) is 0 Å². The fraction of sp³-hybridized carbons (Fsp3) is 0.400. The van der Waals surface area contributed by atoms with Gasteiger partial charge in [-0.1, -0.05) is 23.2 Å². The number of aliphatic hydroxyl groups is 1. The molecule has 0 saturated heterocycles. The van der Waals surface area contributed by atoms with Crippen LogP contribution in [0.5, 0.6) is 5.75 Å². The highest BCUT2D eigenvalue weighted by atomic mass is 35.5. The number of rotatable bonds is 4. The summed E-state index contributed by atoms with van der Waals surface area (Å²) in [7, 11) is 0. The van der Waals surface area contributed by atoms with Gasteiger partial charge in [0.15, 0.2) is 0 Å². The van der Waals surface area contributed by atoms with Crippen molar-refractivity contribution >= 4 is 28.9 Å². The summed E-state index contributed by atoms with van der Waals surface area (Å²) in [6.45, 7) is 2.08. The molecule has 1 rings (SSSR count). The van der Waals surface area contributed by atoms with Gasteiger partial charge in [0.2, 0.25) is 0 Å². The van der Waals surface area contributed by atoms with Crippen molar-refractivity contribution in [2.24, 2.45) is 0 Å². The van der Waals surface area contributed by atoms with E-state index >= 15 is 0 Å². The Hall–Kier alpha value is -0.640. The van der Waals surface area contributed by atoms with E-state index in [1.807, 2.05) is 0 Å². The minimum atomic E-state index is -0.394. The van der Waals surface area contributed by atoms with Crippen molar-refractivity contribution in [2.45, 2.75) is 19.4 Å². The van der Waals surface area contributed by atoms with Crippen molar-refractivity contribution in [3.05, 3.63) is 22.2 Å². The van der Waals surface area contributed by atoms with Crippen LogP contribution in [0, 0.1) is 0 Å². The molecular weight excluding hydrogens is 237 g/mol. The van der Waals surface area contributed by atoms with Crippen molar-refractivity contribution < 1.29 is 9.84 Å². The maximum atomic E-state index is 9.04. The second-order valence-corrected chi connectivity index (χ2v) is 4.10. The van der Waals surface area contributed by atoms with E-state index in [0.717, 1.165) is 0 Å². The first-order valence-corrected chi connectivity index (χ1v) is 5.31. The van der Waals surface area contributed by atoms with Crippen molar-refractivity contribution in [1.29, 1.82) is 0 Å². The Labute approximate surface area is 98.7 Å². The van der Waals surface area contributed by atoms with Crippen LogP contribution in [-0.4, -0.2) is 17.8 Å². The van der Waals surface area contributed by atoms with Gasteiger partial charge in [-0.2, -0.15) is 0 Å². The average molecular weight is 250 g/mol. The number of hydrogen-bond acceptors (Lipinski definition) is 3. The van der Waals surface area contributed by atoms with Gasteiger partial charge in [-0.15, -0.1) is 0 Å². The Kier molecular flexibility index (Phi) is 4.51. The Bertz CT molecular complexity index is 342. The van der Waals surface area contributed by atoms with Gasteiger partial charge in [0.05, 0.1) is 28.4 Å². The Morgan fingerprint density at radius 2 is 2.00 bits per heavy atom.